The second-order valence-corrected chi connectivity index (χ2v) is 18.0. The molecular weight excluding hydrogens is 501 g/mol. The van der Waals surface area contributed by atoms with Gasteiger partial charge in [-0.05, 0) is 52.6 Å². The van der Waals surface area contributed by atoms with E-state index < -0.39 is 14.4 Å². The van der Waals surface area contributed by atoms with Crippen LogP contribution in [0.5, 0.6) is 0 Å². The van der Waals surface area contributed by atoms with Crippen LogP contribution in [0.1, 0.15) is 72.1 Å². The Morgan fingerprint density at radius 1 is 0.944 bits per heavy atom. The summed E-state index contributed by atoms with van der Waals surface area (Å²) >= 11 is 3.93. The number of ketones is 1. The number of aliphatic hydroxyl groups excluding tert-OH is 1. The van der Waals surface area contributed by atoms with Crippen molar-refractivity contribution in [2.75, 3.05) is 18.1 Å². The summed E-state index contributed by atoms with van der Waals surface area (Å²) in [6.07, 6.45) is 6.41. The van der Waals surface area contributed by atoms with Gasteiger partial charge in [0.1, 0.15) is 6.10 Å². The zero-order valence-corrected chi connectivity index (χ0v) is 24.9. The van der Waals surface area contributed by atoms with Gasteiger partial charge >= 0.3 is 0 Å². The quantitative estimate of drug-likeness (QED) is 0.220. The molecule has 2 aromatic carbocycles. The van der Waals surface area contributed by atoms with Crippen molar-refractivity contribution in [1.82, 2.24) is 0 Å². The number of Topliss-reactive ketones (excluding diaryl/α,β-unsaturated/α-hetero) is 1. The first-order valence-electron chi connectivity index (χ1n) is 13.5. The van der Waals surface area contributed by atoms with Crippen LogP contribution in [0.2, 0.25) is 5.04 Å². The van der Waals surface area contributed by atoms with Gasteiger partial charge in [0.25, 0.3) is 8.32 Å². The molecule has 0 aliphatic carbocycles. The smallest absolute Gasteiger partial charge is 0.261 e. The Bertz CT molecular complexity index is 856. The lowest BCUT2D eigenvalue weighted by Gasteiger charge is -2.43. The minimum atomic E-state index is -2.46. The summed E-state index contributed by atoms with van der Waals surface area (Å²) < 4.78 is 7.49. The van der Waals surface area contributed by atoms with E-state index in [2.05, 4.69) is 81.4 Å². The highest BCUT2D eigenvalue weighted by molar-refractivity contribution is 8.17. The minimum Gasteiger partial charge on any atom is -0.407 e. The Hall–Kier alpha value is -1.05. The van der Waals surface area contributed by atoms with Crippen molar-refractivity contribution >= 4 is 48.0 Å². The number of benzene rings is 2. The maximum Gasteiger partial charge on any atom is 0.261 e. The summed E-state index contributed by atoms with van der Waals surface area (Å²) in [5.74, 6) is 2.43. The molecule has 0 aromatic heterocycles. The molecule has 0 bridgehead atoms. The number of rotatable bonds is 14. The minimum absolute atomic E-state index is 0.00514. The fourth-order valence-electron chi connectivity index (χ4n) is 5.07. The number of unbranched alkanes of at least 4 members (excludes halogenated alkanes) is 3. The Morgan fingerprint density at radius 3 is 2.06 bits per heavy atom. The molecule has 0 amide bonds. The van der Waals surface area contributed by atoms with Gasteiger partial charge in [0, 0.05) is 13.0 Å². The van der Waals surface area contributed by atoms with E-state index in [1.807, 2.05) is 23.5 Å². The van der Waals surface area contributed by atoms with Crippen LogP contribution >= 0.6 is 23.5 Å². The molecule has 1 saturated heterocycles. The van der Waals surface area contributed by atoms with Crippen molar-refractivity contribution in [3.63, 3.8) is 0 Å². The molecule has 1 heterocycles. The molecule has 3 rings (SSSR count). The fourth-order valence-corrected chi connectivity index (χ4v) is 12.5. The molecule has 1 fully saturated rings. The van der Waals surface area contributed by atoms with E-state index in [1.54, 1.807) is 0 Å². The molecular formula is C30H44O3S2Si. The predicted molar refractivity (Wildman–Crippen MR) is 160 cm³/mol. The van der Waals surface area contributed by atoms with Crippen LogP contribution in [0, 0.1) is 0 Å². The number of hydrogen-bond acceptors (Lipinski definition) is 5. The zero-order valence-electron chi connectivity index (χ0n) is 22.3. The lowest BCUT2D eigenvalue weighted by atomic mass is 10.0. The summed E-state index contributed by atoms with van der Waals surface area (Å²) in [5, 5.41) is 12.9. The number of hydrogen-bond donors (Lipinski definition) is 1. The normalized spacial score (nSPS) is 16.1. The Balaban J connectivity index is 1.45. The van der Waals surface area contributed by atoms with Crippen molar-refractivity contribution in [3.05, 3.63) is 60.7 Å². The zero-order chi connectivity index (χ0) is 25.9. The summed E-state index contributed by atoms with van der Waals surface area (Å²) in [5.41, 5.74) is 0. The summed E-state index contributed by atoms with van der Waals surface area (Å²) in [4.78, 5) is 12.3. The van der Waals surface area contributed by atoms with Gasteiger partial charge in [0.05, 0.1) is 4.58 Å². The Morgan fingerprint density at radius 2 is 1.50 bits per heavy atom. The molecule has 1 atom stereocenters. The standard InChI is InChI=1S/C30H44O3S2Si/c1-30(2,3)36(25-15-8-6-9-16-25,26-17-10-7-11-18-26)33-22-13-5-4-12-19-27(31)28(32)20-21-29-34-23-14-24-35-29/h6-11,15-18,27,29,31H,4-5,12-14,19-24H2,1-3H3. The van der Waals surface area contributed by atoms with E-state index in [9.17, 15) is 9.90 Å². The van der Waals surface area contributed by atoms with Gasteiger partial charge in [0.15, 0.2) is 5.78 Å². The molecule has 3 nitrogen and oxygen atoms in total. The van der Waals surface area contributed by atoms with E-state index in [4.69, 9.17) is 4.43 Å². The molecule has 1 aliphatic rings. The molecule has 1 aliphatic heterocycles. The third-order valence-corrected chi connectivity index (χ3v) is 15.1. The van der Waals surface area contributed by atoms with Gasteiger partial charge in [0.2, 0.25) is 0 Å². The number of aliphatic hydroxyl groups is 1. The molecule has 1 unspecified atom stereocenters. The largest absolute Gasteiger partial charge is 0.407 e. The molecule has 1 N–H and O–H groups in total. The predicted octanol–water partition coefficient (Wildman–Crippen LogP) is 6.42. The average molecular weight is 545 g/mol. The van der Waals surface area contributed by atoms with E-state index in [0.29, 0.717) is 17.4 Å². The number of thioether (sulfide) groups is 2. The van der Waals surface area contributed by atoms with E-state index in [1.165, 1.54) is 28.3 Å². The summed E-state index contributed by atoms with van der Waals surface area (Å²) in [7, 11) is -2.46. The molecule has 2 aromatic rings. The third kappa shape index (κ3) is 8.22. The molecule has 6 heteroatoms. The van der Waals surface area contributed by atoms with Gasteiger partial charge in [-0.1, -0.05) is 101 Å². The van der Waals surface area contributed by atoms with Crippen molar-refractivity contribution in [1.29, 1.82) is 0 Å². The third-order valence-electron chi connectivity index (χ3n) is 7.00. The van der Waals surface area contributed by atoms with Gasteiger partial charge in [-0.3, -0.25) is 4.79 Å². The molecule has 0 saturated carbocycles. The first-order chi connectivity index (χ1) is 17.3. The van der Waals surface area contributed by atoms with E-state index >= 15 is 0 Å². The summed E-state index contributed by atoms with van der Waals surface area (Å²) in [6.45, 7) is 7.65. The monoisotopic (exact) mass is 544 g/mol. The van der Waals surface area contributed by atoms with Crippen molar-refractivity contribution in [3.8, 4) is 0 Å². The molecule has 36 heavy (non-hydrogen) atoms. The Labute approximate surface area is 228 Å². The SMILES string of the molecule is CC(C)(C)[Si](OCCCCCCC(O)C(=O)CCC1SCCCS1)(c1ccccc1)c1ccccc1. The van der Waals surface area contributed by atoms with Crippen LogP contribution in [0.25, 0.3) is 0 Å². The van der Waals surface area contributed by atoms with Crippen LogP contribution < -0.4 is 10.4 Å². The van der Waals surface area contributed by atoms with Crippen LogP contribution in [-0.4, -0.2) is 48.0 Å². The lowest BCUT2D eigenvalue weighted by molar-refractivity contribution is -0.127. The summed E-state index contributed by atoms with van der Waals surface area (Å²) in [6, 6.07) is 21.5. The maximum absolute atomic E-state index is 12.3. The number of carbonyl (C=O) groups is 1. The fraction of sp³-hybridized carbons (Fsp3) is 0.567. The molecule has 0 radical (unpaired) electrons. The van der Waals surface area contributed by atoms with Gasteiger partial charge < -0.3 is 9.53 Å². The Kier molecular flexibility index (Phi) is 12.1. The maximum atomic E-state index is 12.3. The van der Waals surface area contributed by atoms with Gasteiger partial charge in [-0.15, -0.1) is 23.5 Å². The topological polar surface area (TPSA) is 46.5 Å². The molecule has 0 spiro atoms. The highest BCUT2D eigenvalue weighted by Crippen LogP contribution is 2.37. The van der Waals surface area contributed by atoms with Crippen molar-refractivity contribution in [2.24, 2.45) is 0 Å². The highest BCUT2D eigenvalue weighted by Gasteiger charge is 2.49. The lowest BCUT2D eigenvalue weighted by Crippen LogP contribution is -2.66. The van der Waals surface area contributed by atoms with Crippen LogP contribution in [0.15, 0.2) is 60.7 Å². The van der Waals surface area contributed by atoms with Crippen LogP contribution in [0.4, 0.5) is 0 Å². The second-order valence-electron chi connectivity index (χ2n) is 10.8. The highest BCUT2D eigenvalue weighted by atomic mass is 32.2. The van der Waals surface area contributed by atoms with Crippen LogP contribution in [0.3, 0.4) is 0 Å². The van der Waals surface area contributed by atoms with Crippen LogP contribution in [-0.2, 0) is 9.22 Å². The van der Waals surface area contributed by atoms with Crippen molar-refractivity contribution < 1.29 is 14.3 Å². The molecule has 198 valence electrons. The van der Waals surface area contributed by atoms with Crippen molar-refractivity contribution in [2.45, 2.75) is 87.9 Å². The van der Waals surface area contributed by atoms with Gasteiger partial charge in [-0.2, -0.15) is 0 Å². The van der Waals surface area contributed by atoms with E-state index in [0.717, 1.165) is 38.7 Å². The van der Waals surface area contributed by atoms with Gasteiger partial charge in [-0.25, -0.2) is 0 Å². The first kappa shape index (κ1) is 29.5. The van der Waals surface area contributed by atoms with E-state index in [-0.39, 0.29) is 10.8 Å². The second kappa shape index (κ2) is 14.8. The first-order valence-corrected chi connectivity index (χ1v) is 17.5. The number of carbonyl (C=O) groups excluding carboxylic acids is 1. The average Bonchev–Trinajstić information content (AvgIpc) is 2.89.